The van der Waals surface area contributed by atoms with E-state index in [1.165, 1.54) is 6.08 Å². The lowest BCUT2D eigenvalue weighted by Gasteiger charge is -2.21. The normalized spacial score (nSPS) is 11.1. The zero-order valence-corrected chi connectivity index (χ0v) is 17.1. The summed E-state index contributed by atoms with van der Waals surface area (Å²) in [5, 5.41) is 4.55. The van der Waals surface area contributed by atoms with E-state index in [1.54, 1.807) is 12.1 Å². The van der Waals surface area contributed by atoms with Crippen molar-refractivity contribution in [2.45, 2.75) is 20.8 Å². The maximum Gasteiger partial charge on any atom is 0.248 e. The van der Waals surface area contributed by atoms with Crippen LogP contribution >= 0.6 is 11.6 Å². The number of aromatic nitrogens is 1. The largest absolute Gasteiger partial charge is 0.357 e. The first-order chi connectivity index (χ1) is 13.5. The van der Waals surface area contributed by atoms with Crippen molar-refractivity contribution in [1.82, 2.24) is 4.98 Å². The molecule has 0 aliphatic carbocycles. The van der Waals surface area contributed by atoms with E-state index in [9.17, 15) is 4.79 Å². The Balaban J connectivity index is 1.80. The molecule has 0 atom stereocenters. The molecule has 5 heteroatoms. The van der Waals surface area contributed by atoms with Gasteiger partial charge in [-0.1, -0.05) is 29.8 Å². The Labute approximate surface area is 170 Å². The van der Waals surface area contributed by atoms with Crippen molar-refractivity contribution in [3.8, 4) is 0 Å². The molecular formula is C23H24ClN3O. The number of rotatable bonds is 6. The molecule has 2 aromatic carbocycles. The molecule has 1 amide bonds. The number of nitrogens with zero attached hydrogens (tertiary/aromatic N) is 2. The number of pyridine rings is 1. The first kappa shape index (κ1) is 19.9. The molecule has 0 aliphatic rings. The minimum atomic E-state index is -0.204. The van der Waals surface area contributed by atoms with Gasteiger partial charge in [0.25, 0.3) is 0 Å². The Hall–Kier alpha value is -2.85. The zero-order chi connectivity index (χ0) is 20.1. The van der Waals surface area contributed by atoms with Crippen LogP contribution in [0, 0.1) is 6.92 Å². The second kappa shape index (κ2) is 8.89. The molecule has 0 fully saturated rings. The monoisotopic (exact) mass is 393 g/mol. The highest BCUT2D eigenvalue weighted by Crippen LogP contribution is 2.25. The van der Waals surface area contributed by atoms with Crippen LogP contribution in [0.5, 0.6) is 0 Å². The summed E-state index contributed by atoms with van der Waals surface area (Å²) in [5.74, 6) is 0.777. The lowest BCUT2D eigenvalue weighted by Crippen LogP contribution is -2.23. The standard InChI is InChI=1S/C23H24ClN3O/c1-4-27(5-2)22-14-16(3)19-15-18(11-12-21(19)26-22)25-23(28)13-10-17-8-6-7-9-20(17)24/h6-15H,4-5H2,1-3H3,(H,25,28)/b13-10+. The topological polar surface area (TPSA) is 45.2 Å². The molecule has 1 heterocycles. The molecule has 0 bridgehead atoms. The highest BCUT2D eigenvalue weighted by Gasteiger charge is 2.09. The lowest BCUT2D eigenvalue weighted by atomic mass is 10.1. The summed E-state index contributed by atoms with van der Waals surface area (Å²) in [4.78, 5) is 19.3. The highest BCUT2D eigenvalue weighted by molar-refractivity contribution is 6.32. The Morgan fingerprint density at radius 1 is 1.14 bits per heavy atom. The number of carbonyl (C=O) groups is 1. The fourth-order valence-corrected chi connectivity index (χ4v) is 3.32. The Morgan fingerprint density at radius 3 is 2.61 bits per heavy atom. The van der Waals surface area contributed by atoms with Gasteiger partial charge in [0.05, 0.1) is 5.52 Å². The molecule has 3 aromatic rings. The van der Waals surface area contributed by atoms with Gasteiger partial charge in [-0.25, -0.2) is 4.98 Å². The molecule has 144 valence electrons. The van der Waals surface area contributed by atoms with Crippen molar-refractivity contribution < 1.29 is 4.79 Å². The summed E-state index contributed by atoms with van der Waals surface area (Å²) in [6, 6.07) is 15.3. The first-order valence-electron chi connectivity index (χ1n) is 9.41. The number of nitrogens with one attached hydrogen (secondary N) is 1. The van der Waals surface area contributed by atoms with Crippen LogP contribution in [-0.4, -0.2) is 24.0 Å². The summed E-state index contributed by atoms with van der Waals surface area (Å²) in [7, 11) is 0. The predicted molar refractivity (Wildman–Crippen MR) is 119 cm³/mol. The van der Waals surface area contributed by atoms with Crippen LogP contribution in [0.4, 0.5) is 11.5 Å². The van der Waals surface area contributed by atoms with Crippen LogP contribution in [-0.2, 0) is 4.79 Å². The smallest absolute Gasteiger partial charge is 0.248 e. The van der Waals surface area contributed by atoms with E-state index in [1.807, 2.05) is 36.4 Å². The van der Waals surface area contributed by atoms with Crippen molar-refractivity contribution >= 4 is 46.0 Å². The van der Waals surface area contributed by atoms with E-state index in [4.69, 9.17) is 16.6 Å². The lowest BCUT2D eigenvalue weighted by molar-refractivity contribution is -0.111. The molecule has 0 spiro atoms. The molecule has 28 heavy (non-hydrogen) atoms. The number of anilines is 2. The number of fused-ring (bicyclic) bond motifs is 1. The van der Waals surface area contributed by atoms with Gasteiger partial charge in [0.1, 0.15) is 5.82 Å². The van der Waals surface area contributed by atoms with Crippen LogP contribution in [0.3, 0.4) is 0 Å². The van der Waals surface area contributed by atoms with E-state index in [0.717, 1.165) is 46.6 Å². The summed E-state index contributed by atoms with van der Waals surface area (Å²) in [6.45, 7) is 8.15. The van der Waals surface area contributed by atoms with Gasteiger partial charge in [-0.3, -0.25) is 4.79 Å². The fraction of sp³-hybridized carbons (Fsp3) is 0.217. The minimum absolute atomic E-state index is 0.204. The average Bonchev–Trinajstić information content (AvgIpc) is 2.69. The van der Waals surface area contributed by atoms with Crippen molar-refractivity contribution in [1.29, 1.82) is 0 Å². The molecule has 3 rings (SSSR count). The van der Waals surface area contributed by atoms with Gasteiger partial charge in [-0.05, 0) is 68.3 Å². The van der Waals surface area contributed by atoms with E-state index < -0.39 is 0 Å². The van der Waals surface area contributed by atoms with Gasteiger partial charge in [0.15, 0.2) is 0 Å². The number of hydrogen-bond acceptors (Lipinski definition) is 3. The van der Waals surface area contributed by atoms with Gasteiger partial charge in [0, 0.05) is 35.3 Å². The quantitative estimate of drug-likeness (QED) is 0.547. The number of hydrogen-bond donors (Lipinski definition) is 1. The number of benzene rings is 2. The van der Waals surface area contributed by atoms with E-state index >= 15 is 0 Å². The predicted octanol–water partition coefficient (Wildman–Crippen LogP) is 5.69. The van der Waals surface area contributed by atoms with Crippen molar-refractivity contribution in [2.75, 3.05) is 23.3 Å². The van der Waals surface area contributed by atoms with Crippen molar-refractivity contribution in [3.63, 3.8) is 0 Å². The van der Waals surface area contributed by atoms with Crippen LogP contribution in [0.25, 0.3) is 17.0 Å². The van der Waals surface area contributed by atoms with Crippen LogP contribution < -0.4 is 10.2 Å². The van der Waals surface area contributed by atoms with Gasteiger partial charge in [-0.15, -0.1) is 0 Å². The molecule has 0 unspecified atom stereocenters. The van der Waals surface area contributed by atoms with Crippen molar-refractivity contribution in [3.05, 3.63) is 70.8 Å². The zero-order valence-electron chi connectivity index (χ0n) is 16.4. The average molecular weight is 394 g/mol. The number of halogens is 1. The summed E-state index contributed by atoms with van der Waals surface area (Å²) in [6.07, 6.45) is 3.20. The van der Waals surface area contributed by atoms with E-state index in [2.05, 4.69) is 37.1 Å². The highest BCUT2D eigenvalue weighted by atomic mass is 35.5. The molecule has 4 nitrogen and oxygen atoms in total. The molecule has 0 radical (unpaired) electrons. The maximum absolute atomic E-state index is 12.3. The van der Waals surface area contributed by atoms with Crippen molar-refractivity contribution in [2.24, 2.45) is 0 Å². The fourth-order valence-electron chi connectivity index (χ4n) is 3.12. The van der Waals surface area contributed by atoms with Gasteiger partial charge in [-0.2, -0.15) is 0 Å². The Bertz CT molecular complexity index is 1030. The molecule has 0 saturated carbocycles. The van der Waals surface area contributed by atoms with Gasteiger partial charge < -0.3 is 10.2 Å². The van der Waals surface area contributed by atoms with Gasteiger partial charge in [0.2, 0.25) is 5.91 Å². The van der Waals surface area contributed by atoms with Gasteiger partial charge >= 0.3 is 0 Å². The number of carbonyl (C=O) groups excluding carboxylic acids is 1. The summed E-state index contributed by atoms with van der Waals surface area (Å²) < 4.78 is 0. The first-order valence-corrected chi connectivity index (χ1v) is 9.79. The third-order valence-electron chi connectivity index (χ3n) is 4.68. The second-order valence-electron chi connectivity index (χ2n) is 6.55. The Morgan fingerprint density at radius 2 is 1.89 bits per heavy atom. The van der Waals surface area contributed by atoms with Crippen LogP contribution in [0.2, 0.25) is 5.02 Å². The SMILES string of the molecule is CCN(CC)c1cc(C)c2cc(NC(=O)/C=C/c3ccccc3Cl)ccc2n1. The van der Waals surface area contributed by atoms with E-state index in [-0.39, 0.29) is 5.91 Å². The third kappa shape index (κ3) is 4.52. The number of aryl methyl sites for hydroxylation is 1. The molecule has 1 aromatic heterocycles. The number of amides is 1. The summed E-state index contributed by atoms with van der Waals surface area (Å²) >= 11 is 6.11. The molecule has 1 N–H and O–H groups in total. The minimum Gasteiger partial charge on any atom is -0.357 e. The van der Waals surface area contributed by atoms with Crippen LogP contribution in [0.1, 0.15) is 25.0 Å². The third-order valence-corrected chi connectivity index (χ3v) is 5.02. The molecule has 0 saturated heterocycles. The van der Waals surface area contributed by atoms with Crippen LogP contribution in [0.15, 0.2) is 54.6 Å². The molecular weight excluding hydrogens is 370 g/mol. The molecule has 0 aliphatic heterocycles. The Kier molecular flexibility index (Phi) is 6.32. The summed E-state index contributed by atoms with van der Waals surface area (Å²) in [5.41, 5.74) is 3.60. The van der Waals surface area contributed by atoms with E-state index in [0.29, 0.717) is 5.02 Å². The maximum atomic E-state index is 12.3. The second-order valence-corrected chi connectivity index (χ2v) is 6.95.